The minimum atomic E-state index is -0.0563. The van der Waals surface area contributed by atoms with E-state index in [1.165, 1.54) is 6.42 Å². The van der Waals surface area contributed by atoms with Crippen LogP contribution in [-0.4, -0.2) is 21.9 Å². The molecule has 1 saturated carbocycles. The second kappa shape index (κ2) is 6.41. The molecule has 0 saturated heterocycles. The highest BCUT2D eigenvalue weighted by Crippen LogP contribution is 2.30. The third kappa shape index (κ3) is 3.07. The van der Waals surface area contributed by atoms with Gasteiger partial charge in [-0.1, -0.05) is 17.7 Å². The van der Waals surface area contributed by atoms with E-state index in [0.717, 1.165) is 35.0 Å². The number of nitrogens with one attached hydrogen (secondary N) is 3. The van der Waals surface area contributed by atoms with Crippen LogP contribution in [0.2, 0.25) is 5.02 Å². The first-order valence-electron chi connectivity index (χ1n) is 8.42. The van der Waals surface area contributed by atoms with Gasteiger partial charge in [0.25, 0.3) is 5.91 Å². The minimum absolute atomic E-state index is 0.0563. The average molecular weight is 355 g/mol. The standard InChI is InChI=1S/C19H19ClN4O/c1-11-9-21-17-16(11)15(19(25)24-13-5-3-6-13)10-22-18(17)23-14-7-2-4-12(20)8-14/h2,4,7-10,13,21H,3,5-6H2,1H3,(H,22,23)(H,24,25). The van der Waals surface area contributed by atoms with Crippen molar-refractivity contribution in [2.45, 2.75) is 32.2 Å². The number of aromatic nitrogens is 2. The van der Waals surface area contributed by atoms with Crippen LogP contribution in [0.1, 0.15) is 35.2 Å². The molecule has 1 fully saturated rings. The summed E-state index contributed by atoms with van der Waals surface area (Å²) in [6.45, 7) is 1.99. The Hall–Kier alpha value is -2.53. The van der Waals surface area contributed by atoms with Crippen LogP contribution < -0.4 is 10.6 Å². The van der Waals surface area contributed by atoms with Crippen molar-refractivity contribution < 1.29 is 4.79 Å². The van der Waals surface area contributed by atoms with Gasteiger partial charge in [-0.25, -0.2) is 4.98 Å². The second-order valence-corrected chi connectivity index (χ2v) is 6.92. The fourth-order valence-corrected chi connectivity index (χ4v) is 3.29. The van der Waals surface area contributed by atoms with Crippen LogP contribution >= 0.6 is 11.6 Å². The summed E-state index contributed by atoms with van der Waals surface area (Å²) in [6.07, 6.45) is 6.84. The van der Waals surface area contributed by atoms with Gasteiger partial charge in [-0.15, -0.1) is 0 Å². The number of anilines is 2. The van der Waals surface area contributed by atoms with Gasteiger partial charge in [-0.2, -0.15) is 0 Å². The molecular formula is C19H19ClN4O. The molecule has 0 atom stereocenters. The van der Waals surface area contributed by atoms with Crippen LogP contribution in [0.4, 0.5) is 11.5 Å². The molecule has 0 unspecified atom stereocenters. The van der Waals surface area contributed by atoms with Crippen molar-refractivity contribution in [1.82, 2.24) is 15.3 Å². The number of hydrogen-bond donors (Lipinski definition) is 3. The molecule has 2 heterocycles. The molecule has 6 heteroatoms. The first-order valence-corrected chi connectivity index (χ1v) is 8.80. The lowest BCUT2D eigenvalue weighted by molar-refractivity contribution is 0.0918. The van der Waals surface area contributed by atoms with Gasteiger partial charge in [0.2, 0.25) is 0 Å². The third-order valence-electron chi connectivity index (χ3n) is 4.68. The Kier molecular flexibility index (Phi) is 4.09. The highest BCUT2D eigenvalue weighted by atomic mass is 35.5. The quantitative estimate of drug-likeness (QED) is 0.643. The van der Waals surface area contributed by atoms with Crippen molar-refractivity contribution >= 4 is 39.9 Å². The fraction of sp³-hybridized carbons (Fsp3) is 0.263. The molecule has 128 valence electrons. The molecule has 1 aliphatic rings. The molecule has 1 amide bonds. The molecule has 2 aromatic heterocycles. The van der Waals surface area contributed by atoms with Gasteiger partial charge in [0.05, 0.1) is 11.1 Å². The van der Waals surface area contributed by atoms with E-state index in [9.17, 15) is 4.79 Å². The van der Waals surface area contributed by atoms with E-state index in [1.54, 1.807) is 6.20 Å². The van der Waals surface area contributed by atoms with E-state index in [2.05, 4.69) is 20.6 Å². The van der Waals surface area contributed by atoms with Crippen LogP contribution in [0.15, 0.2) is 36.7 Å². The number of hydrogen-bond acceptors (Lipinski definition) is 3. The topological polar surface area (TPSA) is 69.8 Å². The zero-order valence-corrected chi connectivity index (χ0v) is 14.7. The van der Waals surface area contributed by atoms with Crippen LogP contribution in [0, 0.1) is 6.92 Å². The van der Waals surface area contributed by atoms with Crippen LogP contribution in [0.3, 0.4) is 0 Å². The molecule has 25 heavy (non-hydrogen) atoms. The molecule has 3 aromatic rings. The highest BCUT2D eigenvalue weighted by Gasteiger charge is 2.23. The van der Waals surface area contributed by atoms with Crippen molar-refractivity contribution in [1.29, 1.82) is 0 Å². The number of fused-ring (bicyclic) bond motifs is 1. The summed E-state index contributed by atoms with van der Waals surface area (Å²) < 4.78 is 0. The van der Waals surface area contributed by atoms with Crippen LogP contribution in [0.25, 0.3) is 10.9 Å². The zero-order chi connectivity index (χ0) is 17.4. The molecule has 1 aromatic carbocycles. The lowest BCUT2D eigenvalue weighted by Crippen LogP contribution is -2.39. The molecule has 0 aliphatic heterocycles. The largest absolute Gasteiger partial charge is 0.358 e. The normalized spacial score (nSPS) is 14.3. The third-order valence-corrected chi connectivity index (χ3v) is 4.91. The Labute approximate surface area is 150 Å². The lowest BCUT2D eigenvalue weighted by Gasteiger charge is -2.26. The summed E-state index contributed by atoms with van der Waals surface area (Å²) in [7, 11) is 0. The van der Waals surface area contributed by atoms with Gasteiger partial charge >= 0.3 is 0 Å². The van der Waals surface area contributed by atoms with E-state index >= 15 is 0 Å². The predicted octanol–water partition coefficient (Wildman–Crippen LogP) is 4.55. The van der Waals surface area contributed by atoms with Gasteiger partial charge in [-0.3, -0.25) is 4.79 Å². The summed E-state index contributed by atoms with van der Waals surface area (Å²) in [4.78, 5) is 20.3. The summed E-state index contributed by atoms with van der Waals surface area (Å²) in [5.41, 5.74) is 3.29. The summed E-state index contributed by atoms with van der Waals surface area (Å²) in [5.74, 6) is 0.616. The molecule has 5 nitrogen and oxygen atoms in total. The molecule has 3 N–H and O–H groups in total. The van der Waals surface area contributed by atoms with Crippen molar-refractivity contribution in [2.75, 3.05) is 5.32 Å². The number of benzene rings is 1. The predicted molar refractivity (Wildman–Crippen MR) is 101 cm³/mol. The van der Waals surface area contributed by atoms with Gasteiger partial charge < -0.3 is 15.6 Å². The Balaban J connectivity index is 1.70. The molecular weight excluding hydrogens is 336 g/mol. The van der Waals surface area contributed by atoms with E-state index in [0.29, 0.717) is 22.4 Å². The van der Waals surface area contributed by atoms with Gasteiger partial charge in [0, 0.05) is 34.5 Å². The first-order chi connectivity index (χ1) is 12.1. The SMILES string of the molecule is Cc1c[nH]c2c(Nc3cccc(Cl)c3)ncc(C(=O)NC3CCC3)c12. The van der Waals surface area contributed by atoms with Crippen molar-refractivity contribution in [3.63, 3.8) is 0 Å². The Morgan fingerprint density at radius 3 is 2.92 bits per heavy atom. The summed E-state index contributed by atoms with van der Waals surface area (Å²) in [5, 5.41) is 7.91. The number of aryl methyl sites for hydroxylation is 1. The molecule has 4 rings (SSSR count). The van der Waals surface area contributed by atoms with E-state index in [-0.39, 0.29) is 5.91 Å². The van der Waals surface area contributed by atoms with E-state index < -0.39 is 0 Å². The van der Waals surface area contributed by atoms with Crippen LogP contribution in [0.5, 0.6) is 0 Å². The number of halogens is 1. The smallest absolute Gasteiger partial charge is 0.253 e. The number of aromatic amines is 1. The number of amides is 1. The number of H-pyrrole nitrogens is 1. The molecule has 1 aliphatic carbocycles. The summed E-state index contributed by atoms with van der Waals surface area (Å²) in [6, 6.07) is 7.75. The Morgan fingerprint density at radius 2 is 2.20 bits per heavy atom. The number of nitrogens with zero attached hydrogens (tertiary/aromatic N) is 1. The first kappa shape index (κ1) is 16.0. The van der Waals surface area contributed by atoms with E-state index in [4.69, 9.17) is 11.6 Å². The van der Waals surface area contributed by atoms with Gasteiger partial charge in [0.1, 0.15) is 0 Å². The molecule has 0 radical (unpaired) electrons. The number of rotatable bonds is 4. The maximum absolute atomic E-state index is 12.6. The van der Waals surface area contributed by atoms with Crippen molar-refractivity contribution in [3.8, 4) is 0 Å². The second-order valence-electron chi connectivity index (χ2n) is 6.48. The van der Waals surface area contributed by atoms with Crippen molar-refractivity contribution in [3.05, 3.63) is 52.8 Å². The van der Waals surface area contributed by atoms with Gasteiger partial charge in [0.15, 0.2) is 5.82 Å². The molecule has 0 bridgehead atoms. The minimum Gasteiger partial charge on any atom is -0.358 e. The van der Waals surface area contributed by atoms with Gasteiger partial charge in [-0.05, 0) is 49.9 Å². The summed E-state index contributed by atoms with van der Waals surface area (Å²) >= 11 is 6.05. The number of carbonyl (C=O) groups excluding carboxylic acids is 1. The monoisotopic (exact) mass is 354 g/mol. The maximum Gasteiger partial charge on any atom is 0.253 e. The molecule has 0 spiro atoms. The number of pyridine rings is 1. The zero-order valence-electron chi connectivity index (χ0n) is 13.9. The van der Waals surface area contributed by atoms with Crippen LogP contribution in [-0.2, 0) is 0 Å². The Bertz CT molecular complexity index is 946. The lowest BCUT2D eigenvalue weighted by atomic mass is 9.93. The number of carbonyl (C=O) groups is 1. The maximum atomic E-state index is 12.6. The fourth-order valence-electron chi connectivity index (χ4n) is 3.10. The van der Waals surface area contributed by atoms with E-state index in [1.807, 2.05) is 37.4 Å². The average Bonchev–Trinajstić information content (AvgIpc) is 2.94. The highest BCUT2D eigenvalue weighted by molar-refractivity contribution is 6.30. The van der Waals surface area contributed by atoms with Crippen molar-refractivity contribution in [2.24, 2.45) is 0 Å². The Morgan fingerprint density at radius 1 is 1.36 bits per heavy atom.